The third-order valence-corrected chi connectivity index (χ3v) is 3.46. The fourth-order valence-corrected chi connectivity index (χ4v) is 2.09. The summed E-state index contributed by atoms with van der Waals surface area (Å²) in [5.41, 5.74) is 0.793. The van der Waals surface area contributed by atoms with Gasteiger partial charge in [-0.15, -0.1) is 0 Å². The van der Waals surface area contributed by atoms with E-state index in [4.69, 9.17) is 9.84 Å². The van der Waals surface area contributed by atoms with Crippen molar-refractivity contribution in [1.29, 1.82) is 0 Å². The van der Waals surface area contributed by atoms with E-state index < -0.39 is 6.10 Å². The summed E-state index contributed by atoms with van der Waals surface area (Å²) in [6, 6.07) is 7.57. The molecule has 1 aliphatic rings. The summed E-state index contributed by atoms with van der Waals surface area (Å²) in [7, 11) is 0. The zero-order chi connectivity index (χ0) is 14.6. The lowest BCUT2D eigenvalue weighted by Crippen LogP contribution is -2.47. The normalized spacial score (nSPS) is 17.6. The van der Waals surface area contributed by atoms with E-state index in [0.717, 1.165) is 5.69 Å². The number of para-hydroxylation sites is 2. The Morgan fingerprint density at radius 2 is 2.25 bits per heavy atom. The number of anilines is 1. The number of benzene rings is 1. The van der Waals surface area contributed by atoms with Gasteiger partial charge in [0, 0.05) is 13.2 Å². The number of nitrogens with one attached hydrogen (secondary N) is 2. The van der Waals surface area contributed by atoms with Gasteiger partial charge in [0.2, 0.25) is 0 Å². The first-order chi connectivity index (χ1) is 9.52. The Bertz CT molecular complexity index is 474. The smallest absolute Gasteiger partial charge is 0.262 e. The van der Waals surface area contributed by atoms with Crippen LogP contribution in [-0.2, 0) is 4.79 Å². The number of amides is 1. The molecular weight excluding hydrogens is 256 g/mol. The number of carbonyl (C=O) groups excluding carboxylic acids is 1. The van der Waals surface area contributed by atoms with Crippen molar-refractivity contribution in [3.8, 4) is 5.75 Å². The number of hydrogen-bond acceptors (Lipinski definition) is 4. The lowest BCUT2D eigenvalue weighted by Gasteiger charge is -2.29. The average Bonchev–Trinajstić information content (AvgIpc) is 2.44. The molecule has 1 amide bonds. The molecule has 0 saturated carbocycles. The Kier molecular flexibility index (Phi) is 4.49. The van der Waals surface area contributed by atoms with Crippen molar-refractivity contribution in [2.45, 2.75) is 26.4 Å². The molecule has 20 heavy (non-hydrogen) atoms. The Morgan fingerprint density at radius 3 is 3.00 bits per heavy atom. The van der Waals surface area contributed by atoms with Crippen LogP contribution in [0.1, 0.15) is 20.3 Å². The quantitative estimate of drug-likeness (QED) is 0.761. The molecule has 2 rings (SSSR count). The van der Waals surface area contributed by atoms with Gasteiger partial charge in [0.1, 0.15) is 5.75 Å². The van der Waals surface area contributed by atoms with Crippen LogP contribution in [0.15, 0.2) is 24.3 Å². The van der Waals surface area contributed by atoms with Gasteiger partial charge in [0.25, 0.3) is 5.91 Å². The topological polar surface area (TPSA) is 70.6 Å². The third kappa shape index (κ3) is 3.63. The molecule has 1 heterocycles. The van der Waals surface area contributed by atoms with Crippen LogP contribution in [0.3, 0.4) is 0 Å². The first-order valence-electron chi connectivity index (χ1n) is 6.90. The van der Waals surface area contributed by atoms with Gasteiger partial charge in [-0.1, -0.05) is 26.0 Å². The van der Waals surface area contributed by atoms with Gasteiger partial charge < -0.3 is 20.5 Å². The molecule has 5 heteroatoms. The number of rotatable bonds is 5. The van der Waals surface area contributed by atoms with Crippen LogP contribution < -0.4 is 15.4 Å². The summed E-state index contributed by atoms with van der Waals surface area (Å²) in [5.74, 6) is 0.575. The maximum Gasteiger partial charge on any atom is 0.262 e. The van der Waals surface area contributed by atoms with E-state index in [1.807, 2.05) is 38.1 Å². The van der Waals surface area contributed by atoms with Crippen molar-refractivity contribution in [3.63, 3.8) is 0 Å². The van der Waals surface area contributed by atoms with Gasteiger partial charge in [-0.3, -0.25) is 4.79 Å². The Hall–Kier alpha value is -1.75. The number of ether oxygens (including phenoxy) is 1. The summed E-state index contributed by atoms with van der Waals surface area (Å²) in [6.45, 7) is 5.13. The summed E-state index contributed by atoms with van der Waals surface area (Å²) < 4.78 is 5.69. The molecular formula is C15H22N2O3. The molecule has 110 valence electrons. The van der Waals surface area contributed by atoms with Crippen molar-refractivity contribution in [2.24, 2.45) is 5.41 Å². The molecule has 1 aromatic carbocycles. The predicted octanol–water partition coefficient (Wildman–Crippen LogP) is 1.38. The Morgan fingerprint density at radius 1 is 1.50 bits per heavy atom. The fraction of sp³-hybridized carbons (Fsp3) is 0.533. The zero-order valence-electron chi connectivity index (χ0n) is 12.0. The molecule has 0 saturated heterocycles. The third-order valence-electron chi connectivity index (χ3n) is 3.46. The molecule has 1 aromatic rings. The molecule has 0 aromatic heterocycles. The summed E-state index contributed by atoms with van der Waals surface area (Å²) in [4.78, 5) is 12.1. The summed E-state index contributed by atoms with van der Waals surface area (Å²) in [5, 5.41) is 15.1. The minimum Gasteiger partial charge on any atom is -0.477 e. The van der Waals surface area contributed by atoms with Gasteiger partial charge >= 0.3 is 0 Å². The minimum absolute atomic E-state index is 0.121. The molecule has 1 aliphatic heterocycles. The first-order valence-corrected chi connectivity index (χ1v) is 6.90. The molecule has 0 fully saturated rings. The standard InChI is InChI=1S/C15H22N2O3/c1-15(2,7-8-18)10-17-14(19)13-9-16-11-5-3-4-6-12(11)20-13/h3-6,13,16,18H,7-10H2,1-2H3,(H,17,19). The largest absolute Gasteiger partial charge is 0.477 e. The van der Waals surface area contributed by atoms with Crippen molar-refractivity contribution < 1.29 is 14.6 Å². The highest BCUT2D eigenvalue weighted by molar-refractivity contribution is 5.83. The monoisotopic (exact) mass is 278 g/mol. The van der Waals surface area contributed by atoms with E-state index >= 15 is 0 Å². The maximum absolute atomic E-state index is 12.1. The van der Waals surface area contributed by atoms with Crippen LogP contribution >= 0.6 is 0 Å². The van der Waals surface area contributed by atoms with E-state index in [1.165, 1.54) is 0 Å². The van der Waals surface area contributed by atoms with E-state index in [1.54, 1.807) is 0 Å². The molecule has 0 radical (unpaired) electrons. The van der Waals surface area contributed by atoms with Crippen molar-refractivity contribution in [2.75, 3.05) is 25.0 Å². The van der Waals surface area contributed by atoms with E-state index in [2.05, 4.69) is 10.6 Å². The van der Waals surface area contributed by atoms with E-state index in [-0.39, 0.29) is 17.9 Å². The lowest BCUT2D eigenvalue weighted by atomic mass is 9.90. The summed E-state index contributed by atoms with van der Waals surface area (Å²) >= 11 is 0. The Labute approximate surface area is 119 Å². The van der Waals surface area contributed by atoms with Crippen molar-refractivity contribution >= 4 is 11.6 Å². The zero-order valence-corrected chi connectivity index (χ0v) is 12.0. The average molecular weight is 278 g/mol. The van der Waals surface area contributed by atoms with Gasteiger partial charge in [-0.25, -0.2) is 0 Å². The second kappa shape index (κ2) is 6.13. The molecule has 0 bridgehead atoms. The second-order valence-corrected chi connectivity index (χ2v) is 5.84. The van der Waals surface area contributed by atoms with E-state index in [0.29, 0.717) is 25.3 Å². The van der Waals surface area contributed by atoms with Gasteiger partial charge in [0.15, 0.2) is 6.10 Å². The number of carbonyl (C=O) groups is 1. The molecule has 0 aliphatic carbocycles. The molecule has 0 spiro atoms. The SMILES string of the molecule is CC(C)(CCO)CNC(=O)C1CNc2ccccc2O1. The number of aliphatic hydroxyl groups is 1. The Balaban J connectivity index is 1.89. The van der Waals surface area contributed by atoms with Crippen LogP contribution in [0.2, 0.25) is 0 Å². The van der Waals surface area contributed by atoms with Gasteiger partial charge in [0.05, 0.1) is 12.2 Å². The lowest BCUT2D eigenvalue weighted by molar-refractivity contribution is -0.128. The van der Waals surface area contributed by atoms with Crippen LogP contribution in [-0.4, -0.2) is 36.8 Å². The van der Waals surface area contributed by atoms with Gasteiger partial charge in [-0.05, 0) is 24.0 Å². The molecule has 1 unspecified atom stereocenters. The first kappa shape index (κ1) is 14.7. The van der Waals surface area contributed by atoms with Crippen molar-refractivity contribution in [1.82, 2.24) is 5.32 Å². The van der Waals surface area contributed by atoms with Crippen LogP contribution in [0, 0.1) is 5.41 Å². The predicted molar refractivity (Wildman–Crippen MR) is 77.8 cm³/mol. The number of aliphatic hydroxyl groups excluding tert-OH is 1. The highest BCUT2D eigenvalue weighted by Gasteiger charge is 2.27. The molecule has 3 N–H and O–H groups in total. The second-order valence-electron chi connectivity index (χ2n) is 5.84. The summed E-state index contributed by atoms with van der Waals surface area (Å²) in [6.07, 6.45) is 0.134. The number of fused-ring (bicyclic) bond motifs is 1. The van der Waals surface area contributed by atoms with Crippen LogP contribution in [0.5, 0.6) is 5.75 Å². The maximum atomic E-state index is 12.1. The fourth-order valence-electron chi connectivity index (χ4n) is 2.09. The molecule has 1 atom stereocenters. The minimum atomic E-state index is -0.519. The van der Waals surface area contributed by atoms with Crippen molar-refractivity contribution in [3.05, 3.63) is 24.3 Å². The van der Waals surface area contributed by atoms with Gasteiger partial charge in [-0.2, -0.15) is 0 Å². The van der Waals surface area contributed by atoms with Crippen LogP contribution in [0.25, 0.3) is 0 Å². The van der Waals surface area contributed by atoms with Crippen LogP contribution in [0.4, 0.5) is 5.69 Å². The highest BCUT2D eigenvalue weighted by atomic mass is 16.5. The number of hydrogen-bond donors (Lipinski definition) is 3. The van der Waals surface area contributed by atoms with E-state index in [9.17, 15) is 4.79 Å². The molecule has 5 nitrogen and oxygen atoms in total. The highest BCUT2D eigenvalue weighted by Crippen LogP contribution is 2.28.